The van der Waals surface area contributed by atoms with Crippen LogP contribution in [0.15, 0.2) is 47.4 Å². The first kappa shape index (κ1) is 24.1. The smallest absolute Gasteiger partial charge is 0.312 e. The van der Waals surface area contributed by atoms with E-state index in [-0.39, 0.29) is 35.7 Å². The number of hydrogen-bond donors (Lipinski definition) is 2. The molecule has 0 bridgehead atoms. The quantitative estimate of drug-likeness (QED) is 0.407. The molecule has 1 aliphatic rings. The zero-order valence-electron chi connectivity index (χ0n) is 17.6. The van der Waals surface area contributed by atoms with Gasteiger partial charge in [-0.15, -0.1) is 0 Å². The summed E-state index contributed by atoms with van der Waals surface area (Å²) in [4.78, 5) is 10.6. The Morgan fingerprint density at radius 1 is 1.22 bits per heavy atom. The number of nitrogens with zero attached hydrogens (tertiary/aromatic N) is 2. The molecule has 9 nitrogen and oxygen atoms in total. The van der Waals surface area contributed by atoms with Crippen LogP contribution in [0.2, 0.25) is 0 Å². The van der Waals surface area contributed by atoms with Gasteiger partial charge in [-0.2, -0.15) is 4.31 Å². The Balaban J connectivity index is 1.61. The number of nitro benzene ring substituents is 1. The molecule has 1 saturated heterocycles. The maximum absolute atomic E-state index is 13.0. The van der Waals surface area contributed by atoms with Crippen LogP contribution in [0.1, 0.15) is 31.4 Å². The van der Waals surface area contributed by atoms with E-state index in [0.29, 0.717) is 13.1 Å². The highest BCUT2D eigenvalue weighted by molar-refractivity contribution is 7.89. The zero-order valence-corrected chi connectivity index (χ0v) is 18.4. The third kappa shape index (κ3) is 5.80. The average Bonchev–Trinajstić information content (AvgIpc) is 3.32. The molecule has 11 heteroatoms. The molecule has 174 valence electrons. The van der Waals surface area contributed by atoms with Gasteiger partial charge in [-0.25, -0.2) is 12.8 Å². The second kappa shape index (κ2) is 10.3. The van der Waals surface area contributed by atoms with E-state index in [1.807, 2.05) is 6.92 Å². The minimum Gasteiger partial charge on any atom is -0.484 e. The van der Waals surface area contributed by atoms with Crippen molar-refractivity contribution in [1.82, 2.24) is 9.62 Å². The van der Waals surface area contributed by atoms with Gasteiger partial charge in [-0.05, 0) is 49.6 Å². The molecule has 0 aromatic heterocycles. The van der Waals surface area contributed by atoms with Gasteiger partial charge < -0.3 is 15.2 Å². The van der Waals surface area contributed by atoms with Crippen LogP contribution in [-0.4, -0.2) is 55.1 Å². The van der Waals surface area contributed by atoms with Crippen LogP contribution in [0.5, 0.6) is 5.75 Å². The van der Waals surface area contributed by atoms with Crippen LogP contribution in [-0.2, 0) is 10.0 Å². The zero-order chi connectivity index (χ0) is 23.3. The van der Waals surface area contributed by atoms with Gasteiger partial charge in [0.25, 0.3) is 0 Å². The maximum Gasteiger partial charge on any atom is 0.312 e. The molecule has 0 amide bonds. The Kier molecular flexibility index (Phi) is 7.77. The number of aliphatic hydroxyl groups excluding tert-OH is 1. The molecule has 2 N–H and O–H groups in total. The van der Waals surface area contributed by atoms with E-state index in [1.54, 1.807) is 12.1 Å². The summed E-state index contributed by atoms with van der Waals surface area (Å²) in [6.45, 7) is 2.54. The molecule has 0 aliphatic carbocycles. The highest BCUT2D eigenvalue weighted by Gasteiger charge is 2.30. The van der Waals surface area contributed by atoms with Gasteiger partial charge in [-0.1, -0.05) is 12.1 Å². The number of benzene rings is 2. The molecular weight excluding hydrogens is 441 g/mol. The largest absolute Gasteiger partial charge is 0.484 e. The van der Waals surface area contributed by atoms with Gasteiger partial charge in [0.2, 0.25) is 10.0 Å². The van der Waals surface area contributed by atoms with Gasteiger partial charge in [-0.3, -0.25) is 10.1 Å². The summed E-state index contributed by atoms with van der Waals surface area (Å²) in [5, 5.41) is 24.7. The molecule has 1 aliphatic heterocycles. The molecule has 3 rings (SSSR count). The first-order chi connectivity index (χ1) is 15.2. The lowest BCUT2D eigenvalue weighted by molar-refractivity contribution is -0.386. The van der Waals surface area contributed by atoms with Crippen molar-refractivity contribution < 1.29 is 27.6 Å². The van der Waals surface area contributed by atoms with Crippen LogP contribution in [0.4, 0.5) is 10.1 Å². The van der Waals surface area contributed by atoms with E-state index >= 15 is 0 Å². The van der Waals surface area contributed by atoms with E-state index in [0.717, 1.165) is 24.5 Å². The summed E-state index contributed by atoms with van der Waals surface area (Å²) in [7, 11) is -3.80. The molecule has 2 atom stereocenters. The summed E-state index contributed by atoms with van der Waals surface area (Å²) < 4.78 is 45.1. The highest BCUT2D eigenvalue weighted by Crippen LogP contribution is 2.32. The molecule has 2 unspecified atom stereocenters. The normalized spacial score (nSPS) is 16.6. The van der Waals surface area contributed by atoms with Crippen molar-refractivity contribution in [3.05, 3.63) is 64.0 Å². The second-order valence-corrected chi connectivity index (χ2v) is 9.58. The fourth-order valence-corrected chi connectivity index (χ4v) is 4.96. The fraction of sp³-hybridized carbons (Fsp3) is 0.429. The van der Waals surface area contributed by atoms with Gasteiger partial charge >= 0.3 is 5.69 Å². The lowest BCUT2D eigenvalue weighted by Crippen LogP contribution is -2.33. The van der Waals surface area contributed by atoms with Gasteiger partial charge in [0.05, 0.1) is 9.82 Å². The predicted molar refractivity (Wildman–Crippen MR) is 115 cm³/mol. The first-order valence-electron chi connectivity index (χ1n) is 10.3. The van der Waals surface area contributed by atoms with Crippen LogP contribution in [0.3, 0.4) is 0 Å². The van der Waals surface area contributed by atoms with E-state index in [4.69, 9.17) is 4.74 Å². The van der Waals surface area contributed by atoms with Crippen molar-refractivity contribution >= 4 is 15.7 Å². The van der Waals surface area contributed by atoms with Crippen molar-refractivity contribution in [2.75, 3.05) is 26.2 Å². The molecular formula is C21H26FN3O6S. The number of rotatable bonds is 10. The van der Waals surface area contributed by atoms with Crippen molar-refractivity contribution in [3.8, 4) is 5.75 Å². The van der Waals surface area contributed by atoms with Gasteiger partial charge in [0.1, 0.15) is 18.5 Å². The number of halogens is 1. The monoisotopic (exact) mass is 467 g/mol. The summed E-state index contributed by atoms with van der Waals surface area (Å²) >= 11 is 0. The van der Waals surface area contributed by atoms with E-state index in [2.05, 4.69) is 5.32 Å². The van der Waals surface area contributed by atoms with E-state index < -0.39 is 26.7 Å². The standard InChI is InChI=1S/C21H26FN3O6S/c1-15(16-4-6-17(22)7-5-16)23-13-18(26)14-31-21-9-8-19(12-20(21)25(27)28)32(29,30)24-10-2-3-11-24/h4-9,12,15,18,23,26H,2-3,10-11,13-14H2,1H3. The Bertz CT molecular complexity index is 1040. The molecule has 0 saturated carbocycles. The Morgan fingerprint density at radius 3 is 2.50 bits per heavy atom. The third-order valence-corrected chi connectivity index (χ3v) is 7.19. The molecule has 2 aromatic carbocycles. The number of sulfonamides is 1. The van der Waals surface area contributed by atoms with E-state index in [9.17, 15) is 28.0 Å². The molecule has 1 fully saturated rings. The van der Waals surface area contributed by atoms with Gasteiger partial charge in [0.15, 0.2) is 5.75 Å². The van der Waals surface area contributed by atoms with Crippen LogP contribution < -0.4 is 10.1 Å². The Morgan fingerprint density at radius 2 is 1.88 bits per heavy atom. The molecule has 2 aromatic rings. The number of nitro groups is 1. The average molecular weight is 468 g/mol. The summed E-state index contributed by atoms with van der Waals surface area (Å²) in [6.07, 6.45) is 0.535. The number of hydrogen-bond acceptors (Lipinski definition) is 7. The third-order valence-electron chi connectivity index (χ3n) is 5.29. The molecule has 32 heavy (non-hydrogen) atoms. The topological polar surface area (TPSA) is 122 Å². The Hall–Kier alpha value is -2.60. The number of nitrogens with one attached hydrogen (secondary N) is 1. The van der Waals surface area contributed by atoms with E-state index in [1.165, 1.54) is 28.6 Å². The molecule has 0 spiro atoms. The minimum atomic E-state index is -3.80. The molecule has 0 radical (unpaired) electrons. The highest BCUT2D eigenvalue weighted by atomic mass is 32.2. The lowest BCUT2D eigenvalue weighted by Gasteiger charge is -2.18. The number of ether oxygens (including phenoxy) is 1. The second-order valence-electron chi connectivity index (χ2n) is 7.64. The van der Waals surface area contributed by atoms with Crippen molar-refractivity contribution in [1.29, 1.82) is 0 Å². The van der Waals surface area contributed by atoms with Crippen molar-refractivity contribution in [2.45, 2.75) is 36.8 Å². The van der Waals surface area contributed by atoms with Gasteiger partial charge in [0, 0.05) is 31.7 Å². The van der Waals surface area contributed by atoms with Crippen molar-refractivity contribution in [3.63, 3.8) is 0 Å². The van der Waals surface area contributed by atoms with Crippen LogP contribution >= 0.6 is 0 Å². The lowest BCUT2D eigenvalue weighted by atomic mass is 10.1. The fourth-order valence-electron chi connectivity index (χ4n) is 3.43. The van der Waals surface area contributed by atoms with Crippen molar-refractivity contribution in [2.24, 2.45) is 0 Å². The van der Waals surface area contributed by atoms with Crippen LogP contribution in [0, 0.1) is 15.9 Å². The first-order valence-corrected chi connectivity index (χ1v) is 11.7. The maximum atomic E-state index is 13.0. The minimum absolute atomic E-state index is 0.124. The summed E-state index contributed by atoms with van der Waals surface area (Å²) in [5.41, 5.74) is 0.357. The summed E-state index contributed by atoms with van der Waals surface area (Å²) in [6, 6.07) is 9.31. The SMILES string of the molecule is CC(NCC(O)COc1ccc(S(=O)(=O)N2CCCC2)cc1[N+](=O)[O-])c1ccc(F)cc1. The number of aliphatic hydroxyl groups is 1. The van der Waals surface area contributed by atoms with Crippen LogP contribution in [0.25, 0.3) is 0 Å². The predicted octanol–water partition coefficient (Wildman–Crippen LogP) is 2.61. The Labute approximate surface area is 186 Å². The molecule has 1 heterocycles. The summed E-state index contributed by atoms with van der Waals surface area (Å²) in [5.74, 6) is -0.462.